The number of thioether (sulfide) groups is 1. The fourth-order valence-corrected chi connectivity index (χ4v) is 3.33. The highest BCUT2D eigenvalue weighted by atomic mass is 32.2. The molecule has 7 heteroatoms. The van der Waals surface area contributed by atoms with Crippen LogP contribution in [0.25, 0.3) is 0 Å². The maximum Gasteiger partial charge on any atom is 0.416 e. The molecule has 118 valence electrons. The Morgan fingerprint density at radius 2 is 2.00 bits per heavy atom. The topological polar surface area (TPSA) is 37.0 Å². The Balaban J connectivity index is 2.16. The van der Waals surface area contributed by atoms with Gasteiger partial charge in [-0.2, -0.15) is 24.9 Å². The fraction of sp³-hybridized carbons (Fsp3) is 0.643. The lowest BCUT2D eigenvalue weighted by molar-refractivity contribution is -0.137. The average Bonchev–Trinajstić information content (AvgIpc) is 2.85. The van der Waals surface area contributed by atoms with E-state index < -0.39 is 11.7 Å². The molecule has 0 amide bonds. The van der Waals surface area contributed by atoms with E-state index in [1.165, 1.54) is 0 Å². The van der Waals surface area contributed by atoms with E-state index in [0.717, 1.165) is 31.4 Å². The SMILES string of the molecule is CCNc1cc(C(F)(F)F)cc(NC2CCC(SC)C2)n1. The zero-order valence-corrected chi connectivity index (χ0v) is 12.9. The summed E-state index contributed by atoms with van der Waals surface area (Å²) in [4.78, 5) is 4.22. The predicted octanol–water partition coefficient (Wildman–Crippen LogP) is 4.23. The molecule has 0 spiro atoms. The van der Waals surface area contributed by atoms with Crippen molar-refractivity contribution in [3.63, 3.8) is 0 Å². The van der Waals surface area contributed by atoms with Crippen LogP contribution in [0.1, 0.15) is 31.7 Å². The summed E-state index contributed by atoms with van der Waals surface area (Å²) in [5, 5.41) is 6.59. The first-order valence-electron chi connectivity index (χ1n) is 7.05. The molecule has 0 radical (unpaired) electrons. The minimum absolute atomic E-state index is 0.202. The van der Waals surface area contributed by atoms with E-state index in [1.807, 2.05) is 18.7 Å². The molecular weight excluding hydrogens is 299 g/mol. The van der Waals surface area contributed by atoms with Gasteiger partial charge in [0.2, 0.25) is 0 Å². The molecule has 0 aliphatic heterocycles. The molecule has 1 aromatic rings. The summed E-state index contributed by atoms with van der Waals surface area (Å²) < 4.78 is 38.8. The second-order valence-corrected chi connectivity index (χ2v) is 6.30. The van der Waals surface area contributed by atoms with Crippen molar-refractivity contribution >= 4 is 23.4 Å². The van der Waals surface area contributed by atoms with Gasteiger partial charge >= 0.3 is 6.18 Å². The zero-order chi connectivity index (χ0) is 15.5. The lowest BCUT2D eigenvalue weighted by atomic mass is 10.2. The second kappa shape index (κ2) is 6.77. The normalized spacial score (nSPS) is 22.3. The number of nitrogens with one attached hydrogen (secondary N) is 2. The number of pyridine rings is 1. The van der Waals surface area contributed by atoms with Crippen molar-refractivity contribution in [1.29, 1.82) is 0 Å². The molecule has 2 N–H and O–H groups in total. The third kappa shape index (κ3) is 4.43. The van der Waals surface area contributed by atoms with E-state index in [-0.39, 0.29) is 11.9 Å². The number of rotatable bonds is 5. The Labute approximate surface area is 127 Å². The predicted molar refractivity (Wildman–Crippen MR) is 82.0 cm³/mol. The summed E-state index contributed by atoms with van der Waals surface area (Å²) in [6, 6.07) is 2.34. The van der Waals surface area contributed by atoms with Crippen LogP contribution >= 0.6 is 11.8 Å². The van der Waals surface area contributed by atoms with Crippen LogP contribution in [0, 0.1) is 0 Å². The number of nitrogens with zero attached hydrogens (tertiary/aromatic N) is 1. The van der Waals surface area contributed by atoms with Gasteiger partial charge in [0, 0.05) is 17.8 Å². The Kier molecular flexibility index (Phi) is 5.24. The van der Waals surface area contributed by atoms with E-state index in [2.05, 4.69) is 21.9 Å². The van der Waals surface area contributed by atoms with Crippen molar-refractivity contribution < 1.29 is 13.2 Å². The molecule has 1 aromatic heterocycles. The third-order valence-corrected chi connectivity index (χ3v) is 4.68. The molecule has 2 unspecified atom stereocenters. The number of hydrogen-bond acceptors (Lipinski definition) is 4. The summed E-state index contributed by atoms with van der Waals surface area (Å²) >= 11 is 1.81. The number of halogens is 3. The monoisotopic (exact) mass is 319 g/mol. The van der Waals surface area contributed by atoms with Crippen LogP contribution in [-0.4, -0.2) is 29.1 Å². The largest absolute Gasteiger partial charge is 0.416 e. The van der Waals surface area contributed by atoms with Gasteiger partial charge in [-0.15, -0.1) is 0 Å². The molecule has 3 nitrogen and oxygen atoms in total. The Morgan fingerprint density at radius 3 is 2.57 bits per heavy atom. The van der Waals surface area contributed by atoms with Crippen molar-refractivity contribution in [2.75, 3.05) is 23.4 Å². The van der Waals surface area contributed by atoms with Gasteiger partial charge in [0.15, 0.2) is 0 Å². The van der Waals surface area contributed by atoms with Gasteiger partial charge in [-0.25, -0.2) is 4.98 Å². The molecule has 2 rings (SSSR count). The van der Waals surface area contributed by atoms with Gasteiger partial charge in [-0.05, 0) is 44.6 Å². The smallest absolute Gasteiger partial charge is 0.370 e. The molecule has 1 aliphatic rings. The summed E-state index contributed by atoms with van der Waals surface area (Å²) in [6.07, 6.45) is 0.743. The van der Waals surface area contributed by atoms with Crippen LogP contribution in [0.5, 0.6) is 0 Å². The number of alkyl halides is 3. The molecule has 1 heterocycles. The maximum atomic E-state index is 12.9. The van der Waals surface area contributed by atoms with Crippen LogP contribution in [0.15, 0.2) is 12.1 Å². The minimum atomic E-state index is -4.36. The van der Waals surface area contributed by atoms with Crippen molar-refractivity contribution in [3.05, 3.63) is 17.7 Å². The summed E-state index contributed by atoms with van der Waals surface area (Å²) in [7, 11) is 0. The standard InChI is InChI=1S/C14H20F3N3S/c1-3-18-12-6-9(14(15,16)17)7-13(20-12)19-10-4-5-11(8-10)21-2/h6-7,10-11H,3-5,8H2,1-2H3,(H2,18,19,20). The van der Waals surface area contributed by atoms with Gasteiger partial charge in [0.25, 0.3) is 0 Å². The summed E-state index contributed by atoms with van der Waals surface area (Å²) in [6.45, 7) is 2.36. The molecule has 0 aromatic carbocycles. The lowest BCUT2D eigenvalue weighted by Crippen LogP contribution is -2.18. The Bertz CT molecular complexity index is 479. The molecular formula is C14H20F3N3S. The fourth-order valence-electron chi connectivity index (χ4n) is 2.53. The first-order chi connectivity index (χ1) is 9.92. The van der Waals surface area contributed by atoms with E-state index in [1.54, 1.807) is 0 Å². The van der Waals surface area contributed by atoms with Crippen LogP contribution in [0.2, 0.25) is 0 Å². The molecule has 1 aliphatic carbocycles. The second-order valence-electron chi connectivity index (χ2n) is 5.17. The molecule has 1 saturated carbocycles. The van der Waals surface area contributed by atoms with Crippen molar-refractivity contribution in [3.8, 4) is 0 Å². The van der Waals surface area contributed by atoms with Crippen LogP contribution in [-0.2, 0) is 6.18 Å². The van der Waals surface area contributed by atoms with Gasteiger partial charge in [-0.1, -0.05) is 0 Å². The van der Waals surface area contributed by atoms with E-state index in [4.69, 9.17) is 0 Å². The van der Waals surface area contributed by atoms with Crippen LogP contribution in [0.3, 0.4) is 0 Å². The Hall–Kier alpha value is -1.11. The first-order valence-corrected chi connectivity index (χ1v) is 8.33. The van der Waals surface area contributed by atoms with Gasteiger partial charge in [-0.3, -0.25) is 0 Å². The molecule has 0 saturated heterocycles. The quantitative estimate of drug-likeness (QED) is 0.852. The summed E-state index contributed by atoms with van der Waals surface area (Å²) in [5.74, 6) is 0.557. The third-order valence-electron chi connectivity index (χ3n) is 3.58. The zero-order valence-electron chi connectivity index (χ0n) is 12.1. The van der Waals surface area contributed by atoms with Crippen molar-refractivity contribution in [1.82, 2.24) is 4.98 Å². The highest BCUT2D eigenvalue weighted by molar-refractivity contribution is 7.99. The van der Waals surface area contributed by atoms with Gasteiger partial charge < -0.3 is 10.6 Å². The lowest BCUT2D eigenvalue weighted by Gasteiger charge is -2.17. The average molecular weight is 319 g/mol. The first kappa shape index (κ1) is 16.3. The number of anilines is 2. The molecule has 1 fully saturated rings. The van der Waals surface area contributed by atoms with Gasteiger partial charge in [0.05, 0.1) is 5.56 Å². The summed E-state index contributed by atoms with van der Waals surface area (Å²) in [5.41, 5.74) is -0.671. The highest BCUT2D eigenvalue weighted by Crippen LogP contribution is 2.34. The van der Waals surface area contributed by atoms with E-state index in [0.29, 0.717) is 17.6 Å². The van der Waals surface area contributed by atoms with Crippen molar-refractivity contribution in [2.45, 2.75) is 43.7 Å². The number of aromatic nitrogens is 1. The van der Waals surface area contributed by atoms with Crippen LogP contribution < -0.4 is 10.6 Å². The Morgan fingerprint density at radius 1 is 1.29 bits per heavy atom. The molecule has 21 heavy (non-hydrogen) atoms. The maximum absolute atomic E-state index is 12.9. The number of hydrogen-bond donors (Lipinski definition) is 2. The van der Waals surface area contributed by atoms with Crippen molar-refractivity contribution in [2.24, 2.45) is 0 Å². The van der Waals surface area contributed by atoms with E-state index in [9.17, 15) is 13.2 Å². The van der Waals surface area contributed by atoms with Crippen LogP contribution in [0.4, 0.5) is 24.8 Å². The highest BCUT2D eigenvalue weighted by Gasteiger charge is 2.32. The van der Waals surface area contributed by atoms with E-state index >= 15 is 0 Å². The molecule has 0 bridgehead atoms. The molecule has 2 atom stereocenters. The van der Waals surface area contributed by atoms with Gasteiger partial charge in [0.1, 0.15) is 11.6 Å². The minimum Gasteiger partial charge on any atom is -0.370 e.